The van der Waals surface area contributed by atoms with Crippen LogP contribution in [0.1, 0.15) is 26.0 Å². The Morgan fingerprint density at radius 2 is 2.04 bits per heavy atom. The number of benzene rings is 1. The van der Waals surface area contributed by atoms with Crippen LogP contribution in [0.2, 0.25) is 5.02 Å². The number of halogens is 1. The number of carbonyl (C=O) groups is 2. The molecule has 128 valence electrons. The molecule has 0 radical (unpaired) electrons. The number of carboxylic acids is 1. The number of nitrogens with zero attached hydrogens (tertiary/aromatic N) is 1. The molecule has 1 heterocycles. The summed E-state index contributed by atoms with van der Waals surface area (Å²) in [5, 5.41) is 15.0. The molecule has 0 spiro atoms. The summed E-state index contributed by atoms with van der Waals surface area (Å²) in [5.74, 6) is -1.05. The van der Waals surface area contributed by atoms with Crippen LogP contribution in [0.3, 0.4) is 0 Å². The molecule has 0 aliphatic heterocycles. The molecule has 0 saturated carbocycles. The molecule has 1 aromatic carbocycles. The van der Waals surface area contributed by atoms with Gasteiger partial charge in [-0.25, -0.2) is 4.98 Å². The summed E-state index contributed by atoms with van der Waals surface area (Å²) in [4.78, 5) is 27.4. The SMILES string of the molecule is CC(C)(CCNC(=O)Cc1csc(-c2ccccc2Cl)n1)C(=O)O. The zero-order valence-corrected chi connectivity index (χ0v) is 15.1. The molecular formula is C17H19ClN2O3S. The lowest BCUT2D eigenvalue weighted by Crippen LogP contribution is -2.32. The fourth-order valence-corrected chi connectivity index (χ4v) is 3.13. The maximum absolute atomic E-state index is 12.0. The Kier molecular flexibility index (Phi) is 5.96. The van der Waals surface area contributed by atoms with Gasteiger partial charge in [0, 0.05) is 17.5 Å². The van der Waals surface area contributed by atoms with Crippen LogP contribution < -0.4 is 5.32 Å². The van der Waals surface area contributed by atoms with Gasteiger partial charge in [-0.1, -0.05) is 29.8 Å². The van der Waals surface area contributed by atoms with E-state index in [4.69, 9.17) is 16.7 Å². The lowest BCUT2D eigenvalue weighted by atomic mass is 9.90. The number of amides is 1. The highest BCUT2D eigenvalue weighted by Gasteiger charge is 2.26. The van der Waals surface area contributed by atoms with E-state index in [1.807, 2.05) is 23.6 Å². The van der Waals surface area contributed by atoms with E-state index in [0.717, 1.165) is 10.6 Å². The fourth-order valence-electron chi connectivity index (χ4n) is 1.99. The summed E-state index contributed by atoms with van der Waals surface area (Å²) in [5.41, 5.74) is 0.662. The summed E-state index contributed by atoms with van der Waals surface area (Å²) in [6.07, 6.45) is 0.532. The van der Waals surface area contributed by atoms with Gasteiger partial charge >= 0.3 is 5.97 Å². The second kappa shape index (κ2) is 7.77. The minimum Gasteiger partial charge on any atom is -0.481 e. The largest absolute Gasteiger partial charge is 0.481 e. The van der Waals surface area contributed by atoms with Crippen molar-refractivity contribution in [3.63, 3.8) is 0 Å². The van der Waals surface area contributed by atoms with Crippen molar-refractivity contribution in [2.24, 2.45) is 5.41 Å². The molecule has 2 aromatic rings. The van der Waals surface area contributed by atoms with E-state index in [9.17, 15) is 9.59 Å². The van der Waals surface area contributed by atoms with Crippen LogP contribution in [-0.2, 0) is 16.0 Å². The van der Waals surface area contributed by atoms with Crippen molar-refractivity contribution in [1.82, 2.24) is 10.3 Å². The van der Waals surface area contributed by atoms with Gasteiger partial charge in [0.15, 0.2) is 0 Å². The van der Waals surface area contributed by atoms with Crippen molar-refractivity contribution in [3.05, 3.63) is 40.4 Å². The number of thiazole rings is 1. The number of rotatable bonds is 7. The van der Waals surface area contributed by atoms with Crippen LogP contribution >= 0.6 is 22.9 Å². The predicted molar refractivity (Wildman–Crippen MR) is 95.3 cm³/mol. The van der Waals surface area contributed by atoms with Crippen LogP contribution in [-0.4, -0.2) is 28.5 Å². The summed E-state index contributed by atoms with van der Waals surface area (Å²) >= 11 is 7.59. The molecule has 0 saturated heterocycles. The topological polar surface area (TPSA) is 79.3 Å². The normalized spacial score (nSPS) is 11.3. The first-order valence-electron chi connectivity index (χ1n) is 7.49. The number of carboxylic acid groups (broad SMARTS) is 1. The first-order chi connectivity index (χ1) is 11.3. The van der Waals surface area contributed by atoms with E-state index in [0.29, 0.717) is 23.7 Å². The van der Waals surface area contributed by atoms with Gasteiger partial charge in [-0.15, -0.1) is 11.3 Å². The van der Waals surface area contributed by atoms with E-state index in [-0.39, 0.29) is 12.3 Å². The van der Waals surface area contributed by atoms with Crippen LogP contribution in [0.4, 0.5) is 0 Å². The van der Waals surface area contributed by atoms with E-state index >= 15 is 0 Å². The summed E-state index contributed by atoms with van der Waals surface area (Å²) < 4.78 is 0. The first-order valence-corrected chi connectivity index (χ1v) is 8.75. The number of hydrogen-bond acceptors (Lipinski definition) is 4. The van der Waals surface area contributed by atoms with Gasteiger partial charge in [0.05, 0.1) is 22.6 Å². The maximum atomic E-state index is 12.0. The second-order valence-electron chi connectivity index (χ2n) is 6.09. The predicted octanol–water partition coefficient (Wildman–Crippen LogP) is 3.62. The molecule has 0 aliphatic rings. The molecule has 0 bridgehead atoms. The monoisotopic (exact) mass is 366 g/mol. The Morgan fingerprint density at radius 1 is 1.33 bits per heavy atom. The smallest absolute Gasteiger partial charge is 0.309 e. The number of carbonyl (C=O) groups excluding carboxylic acids is 1. The summed E-state index contributed by atoms with van der Waals surface area (Å²) in [6.45, 7) is 3.59. The molecule has 2 rings (SSSR count). The lowest BCUT2D eigenvalue weighted by molar-refractivity contribution is -0.147. The first kappa shape index (κ1) is 18.4. The van der Waals surface area contributed by atoms with Crippen LogP contribution in [0.25, 0.3) is 10.6 Å². The van der Waals surface area contributed by atoms with Gasteiger partial charge in [-0.2, -0.15) is 0 Å². The fraction of sp³-hybridized carbons (Fsp3) is 0.353. The Balaban J connectivity index is 1.90. The molecule has 24 heavy (non-hydrogen) atoms. The molecule has 0 fully saturated rings. The lowest BCUT2D eigenvalue weighted by Gasteiger charge is -2.18. The van der Waals surface area contributed by atoms with Crippen LogP contribution in [0, 0.1) is 5.41 Å². The van der Waals surface area contributed by atoms with Crippen molar-refractivity contribution < 1.29 is 14.7 Å². The molecule has 0 atom stereocenters. The number of aliphatic carboxylic acids is 1. The molecule has 1 aromatic heterocycles. The molecule has 2 N–H and O–H groups in total. The van der Waals surface area contributed by atoms with Crippen molar-refractivity contribution >= 4 is 34.8 Å². The van der Waals surface area contributed by atoms with Crippen LogP contribution in [0.15, 0.2) is 29.6 Å². The highest BCUT2D eigenvalue weighted by molar-refractivity contribution is 7.13. The van der Waals surface area contributed by atoms with Crippen LogP contribution in [0.5, 0.6) is 0 Å². The Hall–Kier alpha value is -1.92. The number of nitrogens with one attached hydrogen (secondary N) is 1. The van der Waals surface area contributed by atoms with Gasteiger partial charge in [0.1, 0.15) is 5.01 Å². The van der Waals surface area contributed by atoms with Crippen molar-refractivity contribution in [2.75, 3.05) is 6.54 Å². The average Bonchev–Trinajstić information content (AvgIpc) is 2.95. The minimum absolute atomic E-state index is 0.161. The summed E-state index contributed by atoms with van der Waals surface area (Å²) in [7, 11) is 0. The average molecular weight is 367 g/mol. The molecule has 5 nitrogen and oxygen atoms in total. The second-order valence-corrected chi connectivity index (χ2v) is 7.35. The highest BCUT2D eigenvalue weighted by Crippen LogP contribution is 2.30. The molecule has 7 heteroatoms. The molecule has 1 amide bonds. The van der Waals surface area contributed by atoms with E-state index in [2.05, 4.69) is 10.3 Å². The standard InChI is InChI=1S/C17H19ClN2O3S/c1-17(2,16(22)23)7-8-19-14(21)9-11-10-24-15(20-11)12-5-3-4-6-13(12)18/h3-6,10H,7-9H2,1-2H3,(H,19,21)(H,22,23). The van der Waals surface area contributed by atoms with E-state index < -0.39 is 11.4 Å². The zero-order chi connectivity index (χ0) is 17.7. The van der Waals surface area contributed by atoms with E-state index in [1.165, 1.54) is 11.3 Å². The van der Waals surface area contributed by atoms with Crippen molar-refractivity contribution in [3.8, 4) is 10.6 Å². The third-order valence-corrected chi connectivity index (χ3v) is 4.90. The number of hydrogen-bond donors (Lipinski definition) is 2. The highest BCUT2D eigenvalue weighted by atomic mass is 35.5. The van der Waals surface area contributed by atoms with Gasteiger partial charge in [0.2, 0.25) is 5.91 Å². The molecular weight excluding hydrogens is 348 g/mol. The van der Waals surface area contributed by atoms with Gasteiger partial charge in [0.25, 0.3) is 0 Å². The third-order valence-electron chi connectivity index (χ3n) is 3.65. The molecule has 0 unspecified atom stereocenters. The Morgan fingerprint density at radius 3 is 2.71 bits per heavy atom. The zero-order valence-electron chi connectivity index (χ0n) is 13.5. The quantitative estimate of drug-likeness (QED) is 0.784. The van der Waals surface area contributed by atoms with Crippen molar-refractivity contribution in [1.29, 1.82) is 0 Å². The third kappa shape index (κ3) is 4.79. The number of aromatic nitrogens is 1. The van der Waals surface area contributed by atoms with Gasteiger partial charge < -0.3 is 10.4 Å². The van der Waals surface area contributed by atoms with Gasteiger partial charge in [-0.3, -0.25) is 9.59 Å². The Labute approximate surface area is 149 Å². The van der Waals surface area contributed by atoms with Crippen molar-refractivity contribution in [2.45, 2.75) is 26.7 Å². The summed E-state index contributed by atoms with van der Waals surface area (Å²) in [6, 6.07) is 7.43. The van der Waals surface area contributed by atoms with Gasteiger partial charge in [-0.05, 0) is 26.3 Å². The maximum Gasteiger partial charge on any atom is 0.309 e. The molecule has 0 aliphatic carbocycles. The van der Waals surface area contributed by atoms with E-state index in [1.54, 1.807) is 19.9 Å². The minimum atomic E-state index is -0.874. The Bertz CT molecular complexity index is 743.